The average molecular weight is 402 g/mol. The van der Waals surface area contributed by atoms with Crippen molar-refractivity contribution in [2.45, 2.75) is 31.0 Å². The predicted octanol–water partition coefficient (Wildman–Crippen LogP) is 3.55. The molecular formula is C19H20ClN5OS. The number of halogens is 1. The lowest BCUT2D eigenvalue weighted by Gasteiger charge is -2.13. The van der Waals surface area contributed by atoms with E-state index >= 15 is 0 Å². The Bertz CT molecular complexity index is 869. The summed E-state index contributed by atoms with van der Waals surface area (Å²) in [6, 6.07) is 17.6. The molecule has 1 aromatic heterocycles. The molecule has 1 atom stereocenters. The summed E-state index contributed by atoms with van der Waals surface area (Å²) in [4.78, 5) is 12.2. The van der Waals surface area contributed by atoms with Gasteiger partial charge in [0, 0.05) is 11.1 Å². The number of rotatable bonds is 8. The van der Waals surface area contributed by atoms with Crippen molar-refractivity contribution in [2.24, 2.45) is 0 Å². The fourth-order valence-corrected chi connectivity index (χ4v) is 3.39. The molecule has 3 rings (SSSR count). The third-order valence-electron chi connectivity index (χ3n) is 3.96. The minimum atomic E-state index is -0.0359. The van der Waals surface area contributed by atoms with Crippen LogP contribution in [0.15, 0.2) is 59.8 Å². The first-order valence-electron chi connectivity index (χ1n) is 8.62. The summed E-state index contributed by atoms with van der Waals surface area (Å²) in [7, 11) is 0. The molecule has 0 spiro atoms. The molecule has 6 nitrogen and oxygen atoms in total. The van der Waals surface area contributed by atoms with Crippen LogP contribution in [0, 0.1) is 0 Å². The van der Waals surface area contributed by atoms with Crippen molar-refractivity contribution < 1.29 is 4.79 Å². The monoisotopic (exact) mass is 401 g/mol. The second-order valence-electron chi connectivity index (χ2n) is 6.13. The van der Waals surface area contributed by atoms with Crippen molar-refractivity contribution in [3.05, 3.63) is 65.2 Å². The summed E-state index contributed by atoms with van der Waals surface area (Å²) in [5.74, 6) is 0.218. The Hall–Kier alpha value is -2.38. The highest BCUT2D eigenvalue weighted by Crippen LogP contribution is 2.19. The van der Waals surface area contributed by atoms with Crippen LogP contribution in [-0.2, 0) is 11.2 Å². The maximum absolute atomic E-state index is 12.2. The molecule has 0 bridgehead atoms. The number of hydrogen-bond donors (Lipinski definition) is 1. The van der Waals surface area contributed by atoms with E-state index in [2.05, 4.69) is 33.0 Å². The largest absolute Gasteiger partial charge is 0.353 e. The highest BCUT2D eigenvalue weighted by Gasteiger charge is 2.13. The maximum atomic E-state index is 12.2. The number of nitrogens with one attached hydrogen (secondary N) is 1. The Morgan fingerprint density at radius 1 is 1.19 bits per heavy atom. The van der Waals surface area contributed by atoms with Gasteiger partial charge in [0.1, 0.15) is 0 Å². The topological polar surface area (TPSA) is 72.7 Å². The number of tetrazole rings is 1. The zero-order valence-corrected chi connectivity index (χ0v) is 16.5. The van der Waals surface area contributed by atoms with Gasteiger partial charge in [-0.25, -0.2) is 0 Å². The van der Waals surface area contributed by atoms with Crippen LogP contribution in [-0.4, -0.2) is 37.9 Å². The number of amides is 1. The molecule has 2 aromatic carbocycles. The zero-order chi connectivity index (χ0) is 19.1. The van der Waals surface area contributed by atoms with E-state index in [1.165, 1.54) is 17.3 Å². The van der Waals surface area contributed by atoms with Crippen LogP contribution in [0.5, 0.6) is 0 Å². The molecule has 1 heterocycles. The highest BCUT2D eigenvalue weighted by atomic mass is 35.5. The van der Waals surface area contributed by atoms with Crippen molar-refractivity contribution in [1.29, 1.82) is 0 Å². The van der Waals surface area contributed by atoms with Gasteiger partial charge in [0.15, 0.2) is 0 Å². The van der Waals surface area contributed by atoms with E-state index in [0.29, 0.717) is 10.2 Å². The number of nitrogens with zero attached hydrogens (tertiary/aromatic N) is 4. The van der Waals surface area contributed by atoms with Crippen LogP contribution in [0.1, 0.15) is 18.9 Å². The number of aromatic nitrogens is 4. The number of benzene rings is 2. The van der Waals surface area contributed by atoms with Crippen LogP contribution in [0.2, 0.25) is 5.02 Å². The maximum Gasteiger partial charge on any atom is 0.230 e. The Labute approximate surface area is 167 Å². The average Bonchev–Trinajstić information content (AvgIpc) is 3.15. The van der Waals surface area contributed by atoms with Crippen LogP contribution in [0.25, 0.3) is 5.69 Å². The molecule has 3 aromatic rings. The molecule has 0 fully saturated rings. The lowest BCUT2D eigenvalue weighted by Crippen LogP contribution is -2.34. The van der Waals surface area contributed by atoms with Gasteiger partial charge in [-0.05, 0) is 60.0 Å². The predicted molar refractivity (Wildman–Crippen MR) is 107 cm³/mol. The summed E-state index contributed by atoms with van der Waals surface area (Å²) in [5.41, 5.74) is 2.07. The minimum Gasteiger partial charge on any atom is -0.353 e. The van der Waals surface area contributed by atoms with Gasteiger partial charge in [0.05, 0.1) is 11.4 Å². The van der Waals surface area contributed by atoms with E-state index in [1.807, 2.05) is 37.3 Å². The first-order chi connectivity index (χ1) is 13.1. The van der Waals surface area contributed by atoms with Gasteiger partial charge in [0.25, 0.3) is 0 Å². The minimum absolute atomic E-state index is 0.0359. The molecular weight excluding hydrogens is 382 g/mol. The van der Waals surface area contributed by atoms with Gasteiger partial charge in [0.2, 0.25) is 11.1 Å². The van der Waals surface area contributed by atoms with Gasteiger partial charge in [-0.3, -0.25) is 4.79 Å². The van der Waals surface area contributed by atoms with Crippen LogP contribution < -0.4 is 5.32 Å². The Balaban J connectivity index is 1.48. The van der Waals surface area contributed by atoms with E-state index in [-0.39, 0.29) is 17.7 Å². The van der Waals surface area contributed by atoms with Crippen LogP contribution in [0.4, 0.5) is 0 Å². The second kappa shape index (κ2) is 9.53. The molecule has 0 saturated carbocycles. The zero-order valence-electron chi connectivity index (χ0n) is 14.9. The van der Waals surface area contributed by atoms with E-state index in [4.69, 9.17) is 11.6 Å². The Kier molecular flexibility index (Phi) is 6.84. The lowest BCUT2D eigenvalue weighted by atomic mass is 10.1. The molecule has 27 heavy (non-hydrogen) atoms. The van der Waals surface area contributed by atoms with Gasteiger partial charge in [-0.15, -0.1) is 5.10 Å². The Morgan fingerprint density at radius 3 is 2.67 bits per heavy atom. The Morgan fingerprint density at radius 2 is 1.93 bits per heavy atom. The number of thioether (sulfide) groups is 1. The van der Waals surface area contributed by atoms with E-state index in [1.54, 1.807) is 16.8 Å². The van der Waals surface area contributed by atoms with Crippen molar-refractivity contribution in [3.8, 4) is 5.69 Å². The van der Waals surface area contributed by atoms with E-state index in [9.17, 15) is 4.79 Å². The van der Waals surface area contributed by atoms with Crippen molar-refractivity contribution in [3.63, 3.8) is 0 Å². The number of aryl methyl sites for hydroxylation is 1. The second-order valence-corrected chi connectivity index (χ2v) is 7.51. The number of carbonyl (C=O) groups excluding carboxylic acids is 1. The molecule has 0 radical (unpaired) electrons. The highest BCUT2D eigenvalue weighted by molar-refractivity contribution is 7.99. The SMILES string of the molecule is CC(CCc1ccccc1)NC(=O)CSc1nnnn1-c1ccc(Cl)cc1. The molecule has 0 aliphatic carbocycles. The quantitative estimate of drug-likeness (QED) is 0.584. The number of carbonyl (C=O) groups is 1. The smallest absolute Gasteiger partial charge is 0.230 e. The standard InChI is InChI=1S/C19H20ClN5OS/c1-14(7-8-15-5-3-2-4-6-15)21-18(26)13-27-19-22-23-24-25(19)17-11-9-16(20)10-12-17/h2-6,9-12,14H,7-8,13H2,1H3,(H,21,26). The van der Waals surface area contributed by atoms with Crippen LogP contribution in [0.3, 0.4) is 0 Å². The number of hydrogen-bond acceptors (Lipinski definition) is 5. The van der Waals surface area contributed by atoms with Crippen molar-refractivity contribution in [2.75, 3.05) is 5.75 Å². The van der Waals surface area contributed by atoms with E-state index < -0.39 is 0 Å². The van der Waals surface area contributed by atoms with E-state index in [0.717, 1.165) is 18.5 Å². The molecule has 8 heteroatoms. The molecule has 140 valence electrons. The molecule has 0 aliphatic rings. The van der Waals surface area contributed by atoms with Gasteiger partial charge >= 0.3 is 0 Å². The third-order valence-corrected chi connectivity index (χ3v) is 5.13. The summed E-state index contributed by atoms with van der Waals surface area (Å²) < 4.78 is 1.59. The first-order valence-corrected chi connectivity index (χ1v) is 9.98. The van der Waals surface area contributed by atoms with Crippen LogP contribution >= 0.6 is 23.4 Å². The van der Waals surface area contributed by atoms with Gasteiger partial charge in [-0.1, -0.05) is 53.7 Å². The van der Waals surface area contributed by atoms with Crippen molar-refractivity contribution in [1.82, 2.24) is 25.5 Å². The fourth-order valence-electron chi connectivity index (χ4n) is 2.56. The lowest BCUT2D eigenvalue weighted by molar-refractivity contribution is -0.119. The summed E-state index contributed by atoms with van der Waals surface area (Å²) in [5, 5.41) is 15.9. The summed E-state index contributed by atoms with van der Waals surface area (Å²) in [6.45, 7) is 2.02. The van der Waals surface area contributed by atoms with Crippen molar-refractivity contribution >= 4 is 29.3 Å². The van der Waals surface area contributed by atoms with Gasteiger partial charge in [-0.2, -0.15) is 4.68 Å². The molecule has 1 N–H and O–H groups in total. The van der Waals surface area contributed by atoms with Gasteiger partial charge < -0.3 is 5.32 Å². The third kappa shape index (κ3) is 5.80. The first kappa shape index (κ1) is 19.4. The summed E-state index contributed by atoms with van der Waals surface area (Å²) >= 11 is 7.21. The molecule has 0 saturated heterocycles. The normalized spacial score (nSPS) is 11.9. The molecule has 0 aliphatic heterocycles. The summed E-state index contributed by atoms with van der Waals surface area (Å²) in [6.07, 6.45) is 1.83. The fraction of sp³-hybridized carbons (Fsp3) is 0.263. The molecule has 1 unspecified atom stereocenters. The molecule has 1 amide bonds.